The Bertz CT molecular complexity index is 982. The van der Waals surface area contributed by atoms with Gasteiger partial charge in [0.05, 0.1) is 10.7 Å². The van der Waals surface area contributed by atoms with E-state index in [9.17, 15) is 4.79 Å². The molecule has 0 radical (unpaired) electrons. The van der Waals surface area contributed by atoms with Gasteiger partial charge in [0.2, 0.25) is 0 Å². The monoisotopic (exact) mass is 521 g/mol. The molecule has 1 aliphatic carbocycles. The molecule has 192 valence electrons. The molecular weight excluding hydrogens is 486 g/mol. The van der Waals surface area contributed by atoms with E-state index in [4.69, 9.17) is 26.1 Å². The third-order valence-corrected chi connectivity index (χ3v) is 7.42. The van der Waals surface area contributed by atoms with Crippen LogP contribution in [0.5, 0.6) is 0 Å². The number of rotatable bonds is 7. The van der Waals surface area contributed by atoms with Crippen LogP contribution in [0.1, 0.15) is 59.3 Å². The Morgan fingerprint density at radius 1 is 1.17 bits per heavy atom. The first-order valence-electron chi connectivity index (χ1n) is 12.4. The van der Waals surface area contributed by atoms with Gasteiger partial charge in [0, 0.05) is 49.0 Å². The largest absolute Gasteiger partial charge is 0.444 e. The Morgan fingerprint density at radius 2 is 1.89 bits per heavy atom. The smallest absolute Gasteiger partial charge is 0.407 e. The van der Waals surface area contributed by atoms with Crippen LogP contribution in [-0.4, -0.2) is 53.5 Å². The van der Waals surface area contributed by atoms with Crippen molar-refractivity contribution in [1.29, 1.82) is 0 Å². The van der Waals surface area contributed by atoms with E-state index in [1.165, 1.54) is 0 Å². The number of nitrogens with one attached hydrogen (secondary N) is 3. The van der Waals surface area contributed by atoms with Gasteiger partial charge in [-0.25, -0.2) is 14.8 Å². The standard InChI is InChI=1S/C25H36ClN5O3S/c1-25(2,3)34-24(32)30-18-6-4-17(5-7-18)29-22-12-19(20(26)14-27-22)21-15-35-23(31-21)28-13-16-8-10-33-11-9-16/h12,14-18H,4-11,13H2,1-3H3,(H,27,29)(H,28,31)(H,30,32). The van der Waals surface area contributed by atoms with Gasteiger partial charge in [-0.05, 0) is 71.3 Å². The van der Waals surface area contributed by atoms with Crippen LogP contribution in [0.25, 0.3) is 11.3 Å². The van der Waals surface area contributed by atoms with Gasteiger partial charge >= 0.3 is 6.09 Å². The van der Waals surface area contributed by atoms with Crippen LogP contribution in [-0.2, 0) is 9.47 Å². The lowest BCUT2D eigenvalue weighted by Crippen LogP contribution is -2.42. The first-order valence-corrected chi connectivity index (χ1v) is 13.7. The maximum absolute atomic E-state index is 12.0. The molecule has 4 rings (SSSR count). The summed E-state index contributed by atoms with van der Waals surface area (Å²) in [6.07, 6.45) is 7.20. The number of anilines is 2. The Balaban J connectivity index is 1.29. The van der Waals surface area contributed by atoms with Crippen LogP contribution in [0.3, 0.4) is 0 Å². The Labute approximate surface area is 216 Å². The normalized spacial score (nSPS) is 21.4. The number of hydrogen-bond donors (Lipinski definition) is 3. The predicted molar refractivity (Wildman–Crippen MR) is 141 cm³/mol. The third-order valence-electron chi connectivity index (χ3n) is 6.32. The number of carbonyl (C=O) groups is 1. The van der Waals surface area contributed by atoms with E-state index in [1.807, 2.05) is 32.2 Å². The molecule has 0 bridgehead atoms. The van der Waals surface area contributed by atoms with E-state index in [0.29, 0.717) is 17.0 Å². The van der Waals surface area contributed by atoms with E-state index >= 15 is 0 Å². The average molecular weight is 522 g/mol. The van der Waals surface area contributed by atoms with E-state index in [-0.39, 0.29) is 12.1 Å². The number of nitrogens with zero attached hydrogens (tertiary/aromatic N) is 2. The molecule has 3 N–H and O–H groups in total. The fraction of sp³-hybridized carbons (Fsp3) is 0.640. The second-order valence-corrected chi connectivity index (χ2v) is 11.6. The van der Waals surface area contributed by atoms with Gasteiger partial charge in [-0.1, -0.05) is 11.6 Å². The van der Waals surface area contributed by atoms with Crippen molar-refractivity contribution in [2.75, 3.05) is 30.4 Å². The summed E-state index contributed by atoms with van der Waals surface area (Å²) in [6.45, 7) is 8.23. The SMILES string of the molecule is CC(C)(C)OC(=O)NC1CCC(Nc2cc(-c3csc(NCC4CCOCC4)n3)c(Cl)cn2)CC1. The molecule has 1 amide bonds. The molecule has 1 saturated heterocycles. The molecule has 1 aliphatic heterocycles. The zero-order valence-corrected chi connectivity index (χ0v) is 22.3. The maximum Gasteiger partial charge on any atom is 0.407 e. The molecule has 35 heavy (non-hydrogen) atoms. The summed E-state index contributed by atoms with van der Waals surface area (Å²) in [5.74, 6) is 1.42. The lowest BCUT2D eigenvalue weighted by Gasteiger charge is -2.30. The second kappa shape index (κ2) is 11.8. The number of ether oxygens (including phenoxy) is 2. The first-order chi connectivity index (χ1) is 16.7. The second-order valence-electron chi connectivity index (χ2n) is 10.4. The number of hydrogen-bond acceptors (Lipinski definition) is 8. The van der Waals surface area contributed by atoms with Gasteiger partial charge in [-0.3, -0.25) is 0 Å². The summed E-state index contributed by atoms with van der Waals surface area (Å²) < 4.78 is 10.8. The molecule has 0 spiro atoms. The number of thiazole rings is 1. The quantitative estimate of drug-likeness (QED) is 0.414. The molecular formula is C25H36ClN5O3S. The van der Waals surface area contributed by atoms with E-state index in [2.05, 4.69) is 20.9 Å². The van der Waals surface area contributed by atoms with E-state index in [1.54, 1.807) is 17.5 Å². The zero-order chi connectivity index (χ0) is 24.8. The Kier molecular flexibility index (Phi) is 8.73. The van der Waals surface area contributed by atoms with Crippen molar-refractivity contribution in [2.45, 2.75) is 77.0 Å². The summed E-state index contributed by atoms with van der Waals surface area (Å²) in [4.78, 5) is 21.3. The summed E-state index contributed by atoms with van der Waals surface area (Å²) in [5, 5.41) is 13.5. The highest BCUT2D eigenvalue weighted by Crippen LogP contribution is 2.33. The molecule has 0 aromatic carbocycles. The highest BCUT2D eigenvalue weighted by molar-refractivity contribution is 7.14. The highest BCUT2D eigenvalue weighted by Gasteiger charge is 2.25. The number of alkyl carbamates (subject to hydrolysis) is 1. The number of pyridine rings is 1. The van der Waals surface area contributed by atoms with Crippen molar-refractivity contribution in [1.82, 2.24) is 15.3 Å². The zero-order valence-electron chi connectivity index (χ0n) is 20.7. The highest BCUT2D eigenvalue weighted by atomic mass is 35.5. The topological polar surface area (TPSA) is 97.4 Å². The Hall–Kier alpha value is -2.10. The summed E-state index contributed by atoms with van der Waals surface area (Å²) in [5.41, 5.74) is 1.24. The first kappa shape index (κ1) is 26.0. The molecule has 1 saturated carbocycles. The molecule has 3 heterocycles. The van der Waals surface area contributed by atoms with Crippen LogP contribution in [0.15, 0.2) is 17.6 Å². The van der Waals surface area contributed by atoms with Gasteiger partial charge in [-0.2, -0.15) is 0 Å². The van der Waals surface area contributed by atoms with Crippen molar-refractivity contribution in [3.05, 3.63) is 22.7 Å². The van der Waals surface area contributed by atoms with Crippen molar-refractivity contribution in [3.8, 4) is 11.3 Å². The van der Waals surface area contributed by atoms with Crippen molar-refractivity contribution in [2.24, 2.45) is 5.92 Å². The van der Waals surface area contributed by atoms with Crippen LogP contribution in [0.4, 0.5) is 15.7 Å². The van der Waals surface area contributed by atoms with Gasteiger partial charge in [0.1, 0.15) is 11.4 Å². The minimum Gasteiger partial charge on any atom is -0.444 e. The van der Waals surface area contributed by atoms with Gasteiger partial charge in [0.25, 0.3) is 0 Å². The minimum absolute atomic E-state index is 0.138. The van der Waals surface area contributed by atoms with E-state index < -0.39 is 5.60 Å². The summed E-state index contributed by atoms with van der Waals surface area (Å²) in [6, 6.07) is 2.41. The van der Waals surface area contributed by atoms with Crippen molar-refractivity contribution < 1.29 is 14.3 Å². The summed E-state index contributed by atoms with van der Waals surface area (Å²) in [7, 11) is 0. The lowest BCUT2D eigenvalue weighted by atomic mass is 9.91. The number of aromatic nitrogens is 2. The number of halogens is 1. The average Bonchev–Trinajstić information content (AvgIpc) is 3.28. The van der Waals surface area contributed by atoms with Crippen LogP contribution in [0, 0.1) is 5.92 Å². The number of amides is 1. The molecule has 0 atom stereocenters. The van der Waals surface area contributed by atoms with Gasteiger partial charge in [0.15, 0.2) is 5.13 Å². The van der Waals surface area contributed by atoms with Crippen molar-refractivity contribution >= 4 is 40.0 Å². The molecule has 0 unspecified atom stereocenters. The van der Waals surface area contributed by atoms with E-state index in [0.717, 1.165) is 80.5 Å². The van der Waals surface area contributed by atoms with Crippen LogP contribution < -0.4 is 16.0 Å². The van der Waals surface area contributed by atoms with Gasteiger partial charge in [-0.15, -0.1) is 11.3 Å². The maximum atomic E-state index is 12.0. The minimum atomic E-state index is -0.486. The molecule has 2 aromatic rings. The fourth-order valence-corrected chi connectivity index (χ4v) is 5.36. The number of carbonyl (C=O) groups excluding carboxylic acids is 1. The van der Waals surface area contributed by atoms with Crippen LogP contribution >= 0.6 is 22.9 Å². The predicted octanol–water partition coefficient (Wildman–Crippen LogP) is 5.94. The fourth-order valence-electron chi connectivity index (χ4n) is 4.44. The molecule has 2 aliphatic rings. The Morgan fingerprint density at radius 3 is 2.60 bits per heavy atom. The lowest BCUT2D eigenvalue weighted by molar-refractivity contribution is 0.0492. The van der Waals surface area contributed by atoms with Crippen LogP contribution in [0.2, 0.25) is 5.02 Å². The molecule has 2 aromatic heterocycles. The summed E-state index contributed by atoms with van der Waals surface area (Å²) >= 11 is 8.08. The molecule has 10 heteroatoms. The van der Waals surface area contributed by atoms with Crippen molar-refractivity contribution in [3.63, 3.8) is 0 Å². The molecule has 2 fully saturated rings. The molecule has 8 nitrogen and oxygen atoms in total. The third kappa shape index (κ3) is 7.95. The van der Waals surface area contributed by atoms with Gasteiger partial charge < -0.3 is 25.4 Å².